The normalized spacial score (nSPS) is 20.6. The molecule has 18 heavy (non-hydrogen) atoms. The van der Waals surface area contributed by atoms with E-state index in [4.69, 9.17) is 0 Å². The standard InChI is InChI=1S/C12H17BrN2O2S/c1-9-11(13)4-3-5-12(9)18(16,17)15(2)10-6-7-14-8-10/h3-5,10,14H,6-8H2,1-2H3. The van der Waals surface area contributed by atoms with Gasteiger partial charge in [-0.3, -0.25) is 0 Å². The number of halogens is 1. The molecule has 0 aromatic heterocycles. The maximum Gasteiger partial charge on any atom is 0.243 e. The van der Waals surface area contributed by atoms with Crippen LogP contribution >= 0.6 is 15.9 Å². The van der Waals surface area contributed by atoms with Gasteiger partial charge in [0.25, 0.3) is 0 Å². The monoisotopic (exact) mass is 332 g/mol. The largest absolute Gasteiger partial charge is 0.315 e. The van der Waals surface area contributed by atoms with Gasteiger partial charge in [-0.05, 0) is 37.6 Å². The molecule has 1 aliphatic heterocycles. The molecule has 2 rings (SSSR count). The minimum Gasteiger partial charge on any atom is -0.315 e. The Morgan fingerprint density at radius 3 is 2.78 bits per heavy atom. The molecule has 6 heteroatoms. The maximum atomic E-state index is 12.6. The predicted octanol–water partition coefficient (Wildman–Crippen LogP) is 1.74. The molecule has 1 aromatic rings. The molecule has 4 nitrogen and oxygen atoms in total. The molecule has 0 bridgehead atoms. The molecule has 1 atom stereocenters. The van der Waals surface area contributed by atoms with Crippen LogP contribution in [-0.2, 0) is 10.0 Å². The minimum absolute atomic E-state index is 0.0494. The Kier molecular flexibility index (Phi) is 4.11. The lowest BCUT2D eigenvalue weighted by molar-refractivity contribution is 0.387. The summed E-state index contributed by atoms with van der Waals surface area (Å²) in [7, 11) is -1.75. The van der Waals surface area contributed by atoms with E-state index in [1.165, 1.54) is 4.31 Å². The molecule has 0 aliphatic carbocycles. The fourth-order valence-corrected chi connectivity index (χ4v) is 4.30. The van der Waals surface area contributed by atoms with E-state index < -0.39 is 10.0 Å². The van der Waals surface area contributed by atoms with Gasteiger partial charge in [0, 0.05) is 24.1 Å². The lowest BCUT2D eigenvalue weighted by atomic mass is 10.2. The smallest absolute Gasteiger partial charge is 0.243 e. The first kappa shape index (κ1) is 14.0. The van der Waals surface area contributed by atoms with E-state index in [9.17, 15) is 8.42 Å². The van der Waals surface area contributed by atoms with E-state index in [0.29, 0.717) is 4.90 Å². The fourth-order valence-electron chi connectivity index (χ4n) is 2.17. The predicted molar refractivity (Wildman–Crippen MR) is 75.1 cm³/mol. The van der Waals surface area contributed by atoms with Gasteiger partial charge in [0.15, 0.2) is 0 Å². The van der Waals surface area contributed by atoms with Gasteiger partial charge in [0.1, 0.15) is 0 Å². The van der Waals surface area contributed by atoms with Crippen LogP contribution in [0.1, 0.15) is 12.0 Å². The first-order valence-electron chi connectivity index (χ1n) is 5.88. The van der Waals surface area contributed by atoms with Gasteiger partial charge in [-0.2, -0.15) is 4.31 Å². The molecule has 1 N–H and O–H groups in total. The molecule has 100 valence electrons. The Morgan fingerprint density at radius 2 is 2.17 bits per heavy atom. The molecular formula is C12H17BrN2O2S. The van der Waals surface area contributed by atoms with Gasteiger partial charge in [-0.1, -0.05) is 22.0 Å². The van der Waals surface area contributed by atoms with Crippen LogP contribution in [0, 0.1) is 6.92 Å². The zero-order valence-electron chi connectivity index (χ0n) is 10.5. The van der Waals surface area contributed by atoms with Gasteiger partial charge in [-0.15, -0.1) is 0 Å². The topological polar surface area (TPSA) is 49.4 Å². The van der Waals surface area contributed by atoms with Crippen LogP contribution in [0.3, 0.4) is 0 Å². The maximum absolute atomic E-state index is 12.6. The van der Waals surface area contributed by atoms with Crippen molar-refractivity contribution in [2.24, 2.45) is 0 Å². The van der Waals surface area contributed by atoms with Crippen molar-refractivity contribution in [3.05, 3.63) is 28.2 Å². The molecular weight excluding hydrogens is 316 g/mol. The van der Waals surface area contributed by atoms with Crippen molar-refractivity contribution in [1.82, 2.24) is 9.62 Å². The minimum atomic E-state index is -3.41. The highest BCUT2D eigenvalue weighted by Crippen LogP contribution is 2.26. The van der Waals surface area contributed by atoms with E-state index in [0.717, 1.165) is 29.5 Å². The third kappa shape index (κ3) is 2.47. The molecule has 0 radical (unpaired) electrons. The molecule has 1 heterocycles. The van der Waals surface area contributed by atoms with Crippen LogP contribution < -0.4 is 5.32 Å². The molecule has 0 spiro atoms. The van der Waals surface area contributed by atoms with Crippen molar-refractivity contribution in [1.29, 1.82) is 0 Å². The van der Waals surface area contributed by atoms with Crippen LogP contribution in [-0.4, -0.2) is 38.9 Å². The SMILES string of the molecule is Cc1c(Br)cccc1S(=O)(=O)N(C)C1CCNC1. The third-order valence-corrected chi connectivity index (χ3v) is 6.34. The number of rotatable bonds is 3. The zero-order valence-corrected chi connectivity index (χ0v) is 12.9. The summed E-state index contributed by atoms with van der Waals surface area (Å²) in [5.41, 5.74) is 0.760. The molecule has 1 aromatic carbocycles. The molecule has 1 saturated heterocycles. The van der Waals surface area contributed by atoms with Crippen LogP contribution in [0.5, 0.6) is 0 Å². The van der Waals surface area contributed by atoms with E-state index in [-0.39, 0.29) is 6.04 Å². The van der Waals surface area contributed by atoms with E-state index in [1.807, 2.05) is 13.0 Å². The summed E-state index contributed by atoms with van der Waals surface area (Å²) in [6, 6.07) is 5.32. The molecule has 0 amide bonds. The molecule has 1 aliphatic rings. The highest BCUT2D eigenvalue weighted by molar-refractivity contribution is 9.10. The summed E-state index contributed by atoms with van der Waals surface area (Å²) in [5, 5.41) is 3.19. The Hall–Kier alpha value is -0.430. The summed E-state index contributed by atoms with van der Waals surface area (Å²) in [5.74, 6) is 0. The Morgan fingerprint density at radius 1 is 1.44 bits per heavy atom. The molecule has 1 fully saturated rings. The van der Waals surface area contributed by atoms with Crippen LogP contribution in [0.15, 0.2) is 27.6 Å². The van der Waals surface area contributed by atoms with Gasteiger partial charge in [0.2, 0.25) is 10.0 Å². The summed E-state index contributed by atoms with van der Waals surface area (Å²) >= 11 is 3.38. The summed E-state index contributed by atoms with van der Waals surface area (Å²) < 4.78 is 27.4. The average Bonchev–Trinajstić information content (AvgIpc) is 2.85. The molecule has 1 unspecified atom stereocenters. The highest BCUT2D eigenvalue weighted by atomic mass is 79.9. The quantitative estimate of drug-likeness (QED) is 0.917. The lowest BCUT2D eigenvalue weighted by Crippen LogP contribution is -2.38. The second-order valence-electron chi connectivity index (χ2n) is 4.53. The number of hydrogen-bond acceptors (Lipinski definition) is 3. The van der Waals surface area contributed by atoms with Crippen LogP contribution in [0.2, 0.25) is 0 Å². The van der Waals surface area contributed by atoms with E-state index >= 15 is 0 Å². The van der Waals surface area contributed by atoms with Gasteiger partial charge in [-0.25, -0.2) is 8.42 Å². The summed E-state index contributed by atoms with van der Waals surface area (Å²) in [6.07, 6.45) is 0.864. The van der Waals surface area contributed by atoms with Crippen LogP contribution in [0.4, 0.5) is 0 Å². The number of sulfonamides is 1. The second-order valence-corrected chi connectivity index (χ2v) is 7.35. The van der Waals surface area contributed by atoms with Gasteiger partial charge >= 0.3 is 0 Å². The Labute approximate surface area is 117 Å². The van der Waals surface area contributed by atoms with Crippen molar-refractivity contribution in [3.63, 3.8) is 0 Å². The third-order valence-electron chi connectivity index (χ3n) is 3.42. The van der Waals surface area contributed by atoms with Crippen molar-refractivity contribution < 1.29 is 8.42 Å². The number of likely N-dealkylation sites (N-methyl/N-ethyl adjacent to an activating group) is 1. The Balaban J connectivity index is 2.38. The number of nitrogens with zero attached hydrogens (tertiary/aromatic N) is 1. The average molecular weight is 333 g/mol. The first-order chi connectivity index (χ1) is 8.44. The van der Waals surface area contributed by atoms with E-state index in [1.54, 1.807) is 19.2 Å². The van der Waals surface area contributed by atoms with Crippen molar-refractivity contribution in [2.75, 3.05) is 20.1 Å². The van der Waals surface area contributed by atoms with Crippen LogP contribution in [0.25, 0.3) is 0 Å². The zero-order chi connectivity index (χ0) is 13.3. The lowest BCUT2D eigenvalue weighted by Gasteiger charge is -2.24. The van der Waals surface area contributed by atoms with Crippen molar-refractivity contribution in [3.8, 4) is 0 Å². The van der Waals surface area contributed by atoms with Crippen molar-refractivity contribution >= 4 is 26.0 Å². The summed E-state index contributed by atoms with van der Waals surface area (Å²) in [6.45, 7) is 3.42. The van der Waals surface area contributed by atoms with Gasteiger partial charge in [0.05, 0.1) is 4.90 Å². The van der Waals surface area contributed by atoms with Gasteiger partial charge < -0.3 is 5.32 Å². The number of benzene rings is 1. The number of nitrogens with one attached hydrogen (secondary N) is 1. The second kappa shape index (κ2) is 5.28. The first-order valence-corrected chi connectivity index (χ1v) is 8.12. The molecule has 0 saturated carbocycles. The summed E-state index contributed by atoms with van der Waals surface area (Å²) in [4.78, 5) is 0.381. The van der Waals surface area contributed by atoms with E-state index in [2.05, 4.69) is 21.2 Å². The fraction of sp³-hybridized carbons (Fsp3) is 0.500. The highest BCUT2D eigenvalue weighted by Gasteiger charge is 2.31. The number of hydrogen-bond donors (Lipinski definition) is 1. The van der Waals surface area contributed by atoms with Crippen molar-refractivity contribution in [2.45, 2.75) is 24.3 Å². The Bertz CT molecular complexity index is 539.